The van der Waals surface area contributed by atoms with E-state index in [0.29, 0.717) is 11.7 Å². The molecule has 7 heteroatoms. The summed E-state index contributed by atoms with van der Waals surface area (Å²) < 4.78 is 5.08. The van der Waals surface area contributed by atoms with Gasteiger partial charge in [0.15, 0.2) is 17.4 Å². The number of piperidine rings is 1. The van der Waals surface area contributed by atoms with E-state index in [-0.39, 0.29) is 24.2 Å². The van der Waals surface area contributed by atoms with Crippen molar-refractivity contribution in [3.63, 3.8) is 0 Å². The third-order valence-corrected chi connectivity index (χ3v) is 4.36. The number of thiazole rings is 1. The number of ether oxygens (including phenoxy) is 1. The van der Waals surface area contributed by atoms with Crippen molar-refractivity contribution in [3.8, 4) is 0 Å². The van der Waals surface area contributed by atoms with E-state index in [1.54, 1.807) is 16.4 Å². The zero-order valence-corrected chi connectivity index (χ0v) is 13.5. The molecule has 0 radical (unpaired) electrons. The number of nitrogens with zero attached hydrogens (tertiary/aromatic N) is 2. The van der Waals surface area contributed by atoms with Gasteiger partial charge < -0.3 is 15.0 Å². The van der Waals surface area contributed by atoms with Crippen molar-refractivity contribution >= 4 is 28.3 Å². The number of hydrogen-bond donors (Lipinski definition) is 1. The number of hydrogen-bond acceptors (Lipinski definition) is 6. The summed E-state index contributed by atoms with van der Waals surface area (Å²) >= 11 is 1.31. The Kier molecular flexibility index (Phi) is 5.94. The van der Waals surface area contributed by atoms with Crippen LogP contribution in [0, 0.1) is 0 Å². The molecule has 0 saturated carbocycles. The molecule has 1 fully saturated rings. The van der Waals surface area contributed by atoms with Crippen LogP contribution in [0.3, 0.4) is 0 Å². The highest BCUT2D eigenvalue weighted by atomic mass is 32.1. The number of esters is 1. The fraction of sp³-hybridized carbons (Fsp3) is 0.533. The van der Waals surface area contributed by atoms with Gasteiger partial charge in [0.2, 0.25) is 0 Å². The molecule has 1 aromatic rings. The first-order valence-corrected chi connectivity index (χ1v) is 8.26. The summed E-state index contributed by atoms with van der Waals surface area (Å²) in [7, 11) is 0. The second-order valence-corrected chi connectivity index (χ2v) is 6.07. The van der Waals surface area contributed by atoms with Gasteiger partial charge in [0.25, 0.3) is 5.91 Å². The molecule has 1 saturated heterocycles. The lowest BCUT2D eigenvalue weighted by atomic mass is 10.0. The largest absolute Gasteiger partial charge is 0.451 e. The normalized spacial score (nSPS) is 17.9. The summed E-state index contributed by atoms with van der Waals surface area (Å²) in [5.74, 6) is -0.707. The highest BCUT2D eigenvalue weighted by Crippen LogP contribution is 2.18. The number of carbonyl (C=O) groups excluding carboxylic acids is 2. The lowest BCUT2D eigenvalue weighted by Gasteiger charge is -2.33. The standard InChI is InChI=1S/C15H21N3O3S/c1-3-7-16-15-17-12(10-22-15)14(20)21-9-13(19)18-8-5-4-6-11(18)2/h3,10-11H,1,4-9H2,2H3,(H,16,17). The van der Waals surface area contributed by atoms with Crippen LogP contribution < -0.4 is 5.32 Å². The lowest BCUT2D eigenvalue weighted by molar-refractivity contribution is -0.137. The van der Waals surface area contributed by atoms with Gasteiger partial charge in [-0.25, -0.2) is 9.78 Å². The molecule has 1 aliphatic rings. The predicted octanol–water partition coefficient (Wildman–Crippen LogP) is 2.30. The van der Waals surface area contributed by atoms with Crippen molar-refractivity contribution in [2.75, 3.05) is 25.0 Å². The van der Waals surface area contributed by atoms with E-state index in [1.807, 2.05) is 6.92 Å². The molecule has 2 rings (SSSR count). The molecule has 1 N–H and O–H groups in total. The Morgan fingerprint density at radius 1 is 1.59 bits per heavy atom. The van der Waals surface area contributed by atoms with Crippen LogP contribution in [0.2, 0.25) is 0 Å². The molecule has 6 nitrogen and oxygen atoms in total. The Bertz CT molecular complexity index is 544. The minimum atomic E-state index is -0.569. The molecule has 0 spiro atoms. The minimum absolute atomic E-state index is 0.138. The second-order valence-electron chi connectivity index (χ2n) is 5.22. The highest BCUT2D eigenvalue weighted by Gasteiger charge is 2.24. The lowest BCUT2D eigenvalue weighted by Crippen LogP contribution is -2.44. The van der Waals surface area contributed by atoms with Crippen LogP contribution >= 0.6 is 11.3 Å². The van der Waals surface area contributed by atoms with Crippen LogP contribution in [0.25, 0.3) is 0 Å². The first-order chi connectivity index (χ1) is 10.6. The number of amides is 1. The molecule has 2 heterocycles. The van der Waals surface area contributed by atoms with Crippen LogP contribution in [0.5, 0.6) is 0 Å². The monoisotopic (exact) mass is 323 g/mol. The van der Waals surface area contributed by atoms with Crippen LogP contribution in [0.4, 0.5) is 5.13 Å². The second kappa shape index (κ2) is 7.93. The molecule has 0 aliphatic carbocycles. The van der Waals surface area contributed by atoms with Gasteiger partial charge in [-0.15, -0.1) is 17.9 Å². The van der Waals surface area contributed by atoms with E-state index < -0.39 is 5.97 Å². The fourth-order valence-electron chi connectivity index (χ4n) is 2.36. The Balaban J connectivity index is 1.82. The summed E-state index contributed by atoms with van der Waals surface area (Å²) in [6.45, 7) is 6.71. The molecule has 1 aromatic heterocycles. The Morgan fingerprint density at radius 2 is 2.41 bits per heavy atom. The summed E-state index contributed by atoms with van der Waals surface area (Å²) in [5, 5.41) is 5.24. The number of carbonyl (C=O) groups is 2. The van der Waals surface area contributed by atoms with E-state index in [0.717, 1.165) is 25.8 Å². The minimum Gasteiger partial charge on any atom is -0.451 e. The maximum absolute atomic E-state index is 12.1. The molecule has 120 valence electrons. The third-order valence-electron chi connectivity index (χ3n) is 3.56. The van der Waals surface area contributed by atoms with Gasteiger partial charge in [-0.2, -0.15) is 0 Å². The Morgan fingerprint density at radius 3 is 3.14 bits per heavy atom. The van der Waals surface area contributed by atoms with Crippen molar-refractivity contribution in [1.82, 2.24) is 9.88 Å². The van der Waals surface area contributed by atoms with E-state index in [9.17, 15) is 9.59 Å². The number of anilines is 1. The smallest absolute Gasteiger partial charge is 0.358 e. The maximum Gasteiger partial charge on any atom is 0.358 e. The van der Waals surface area contributed by atoms with Crippen LogP contribution in [-0.4, -0.2) is 47.5 Å². The maximum atomic E-state index is 12.1. The van der Waals surface area contributed by atoms with Gasteiger partial charge in [0.05, 0.1) is 0 Å². The summed E-state index contributed by atoms with van der Waals surface area (Å²) in [5.41, 5.74) is 0.219. The Labute approximate surface area is 134 Å². The number of aromatic nitrogens is 1. The zero-order chi connectivity index (χ0) is 15.9. The highest BCUT2D eigenvalue weighted by molar-refractivity contribution is 7.13. The van der Waals surface area contributed by atoms with E-state index in [2.05, 4.69) is 16.9 Å². The topological polar surface area (TPSA) is 71.5 Å². The molecular weight excluding hydrogens is 302 g/mol. The average molecular weight is 323 g/mol. The SMILES string of the molecule is C=CCNc1nc(C(=O)OCC(=O)N2CCCCC2C)cs1. The van der Waals surface area contributed by atoms with Gasteiger partial charge in [0, 0.05) is 24.5 Å². The first kappa shape index (κ1) is 16.5. The van der Waals surface area contributed by atoms with E-state index in [1.165, 1.54) is 11.3 Å². The average Bonchev–Trinajstić information content (AvgIpc) is 2.99. The summed E-state index contributed by atoms with van der Waals surface area (Å²) in [6.07, 6.45) is 4.86. The Hall–Kier alpha value is -1.89. The van der Waals surface area contributed by atoms with E-state index >= 15 is 0 Å². The summed E-state index contributed by atoms with van der Waals surface area (Å²) in [4.78, 5) is 29.9. The van der Waals surface area contributed by atoms with Gasteiger partial charge >= 0.3 is 5.97 Å². The molecule has 1 unspecified atom stereocenters. The van der Waals surface area contributed by atoms with Crippen molar-refractivity contribution in [2.24, 2.45) is 0 Å². The van der Waals surface area contributed by atoms with Crippen molar-refractivity contribution in [2.45, 2.75) is 32.2 Å². The number of nitrogens with one attached hydrogen (secondary N) is 1. The first-order valence-electron chi connectivity index (χ1n) is 7.38. The van der Waals surface area contributed by atoms with Gasteiger partial charge in [-0.3, -0.25) is 4.79 Å². The van der Waals surface area contributed by atoms with Gasteiger partial charge in [-0.05, 0) is 26.2 Å². The number of likely N-dealkylation sites (tertiary alicyclic amines) is 1. The molecule has 0 bridgehead atoms. The van der Waals surface area contributed by atoms with Crippen LogP contribution in [0.1, 0.15) is 36.7 Å². The molecule has 22 heavy (non-hydrogen) atoms. The summed E-state index contributed by atoms with van der Waals surface area (Å²) in [6, 6.07) is 0.217. The van der Waals surface area contributed by atoms with Crippen molar-refractivity contribution < 1.29 is 14.3 Å². The molecule has 1 amide bonds. The van der Waals surface area contributed by atoms with Crippen molar-refractivity contribution in [1.29, 1.82) is 0 Å². The van der Waals surface area contributed by atoms with E-state index in [4.69, 9.17) is 4.74 Å². The molecule has 1 aliphatic heterocycles. The quantitative estimate of drug-likeness (QED) is 0.642. The fourth-order valence-corrected chi connectivity index (χ4v) is 3.05. The van der Waals surface area contributed by atoms with Crippen molar-refractivity contribution in [3.05, 3.63) is 23.7 Å². The van der Waals surface area contributed by atoms with Crippen LogP contribution in [-0.2, 0) is 9.53 Å². The van der Waals surface area contributed by atoms with Crippen LogP contribution in [0.15, 0.2) is 18.0 Å². The predicted molar refractivity (Wildman–Crippen MR) is 86.1 cm³/mol. The zero-order valence-electron chi connectivity index (χ0n) is 12.7. The third kappa shape index (κ3) is 4.30. The molecule has 1 atom stereocenters. The molecule has 0 aromatic carbocycles. The van der Waals surface area contributed by atoms with Gasteiger partial charge in [-0.1, -0.05) is 6.08 Å². The van der Waals surface area contributed by atoms with Gasteiger partial charge in [0.1, 0.15) is 0 Å². The number of rotatable bonds is 6. The molecular formula is C15H21N3O3S.